The highest BCUT2D eigenvalue weighted by Crippen LogP contribution is 2.33. The second-order valence-electron chi connectivity index (χ2n) is 6.84. The lowest BCUT2D eigenvalue weighted by Crippen LogP contribution is -2.31. The molecule has 1 aliphatic heterocycles. The largest absolute Gasteiger partial charge is 0.497 e. The summed E-state index contributed by atoms with van der Waals surface area (Å²) in [6.45, 7) is 3.81. The number of methoxy groups -OCH3 is 1. The van der Waals surface area contributed by atoms with E-state index in [4.69, 9.17) is 21.1 Å². The first-order chi connectivity index (χ1) is 15.4. The van der Waals surface area contributed by atoms with E-state index in [1.807, 2.05) is 12.1 Å². The SMILES string of the molecule is CCOC(=O)C1=C(C)NC(SCC(=O)Nc2cccc(OC)c2)=N[C@H]1c1ccc(Cl)cc1. The number of esters is 1. The monoisotopic (exact) mass is 473 g/mol. The maximum Gasteiger partial charge on any atom is 0.338 e. The summed E-state index contributed by atoms with van der Waals surface area (Å²) >= 11 is 7.27. The first kappa shape index (κ1) is 23.7. The molecule has 1 heterocycles. The number of aliphatic imine (C=N–C) groups is 1. The average Bonchev–Trinajstić information content (AvgIpc) is 2.78. The van der Waals surface area contributed by atoms with E-state index in [0.29, 0.717) is 32.9 Å². The molecule has 0 radical (unpaired) electrons. The van der Waals surface area contributed by atoms with Crippen LogP contribution in [0.25, 0.3) is 0 Å². The molecule has 1 aliphatic rings. The highest BCUT2D eigenvalue weighted by atomic mass is 35.5. The van der Waals surface area contributed by atoms with E-state index < -0.39 is 12.0 Å². The molecule has 1 atom stereocenters. The number of carbonyl (C=O) groups excluding carboxylic acids is 2. The van der Waals surface area contributed by atoms with E-state index in [1.165, 1.54) is 11.8 Å². The van der Waals surface area contributed by atoms with Crippen LogP contribution in [0.15, 0.2) is 64.8 Å². The van der Waals surface area contributed by atoms with E-state index in [0.717, 1.165) is 5.56 Å². The van der Waals surface area contributed by atoms with Gasteiger partial charge in [0.2, 0.25) is 5.91 Å². The molecule has 168 valence electrons. The molecule has 0 spiro atoms. The molecule has 0 aromatic heterocycles. The summed E-state index contributed by atoms with van der Waals surface area (Å²) in [5.74, 6) is 0.180. The van der Waals surface area contributed by atoms with Crippen LogP contribution < -0.4 is 15.4 Å². The van der Waals surface area contributed by atoms with Crippen molar-refractivity contribution in [3.8, 4) is 5.75 Å². The Bertz CT molecular complexity index is 1050. The fourth-order valence-corrected chi connectivity index (χ4v) is 3.98. The molecular formula is C23H24ClN3O4S. The third-order valence-corrected chi connectivity index (χ3v) is 5.73. The smallest absolute Gasteiger partial charge is 0.338 e. The van der Waals surface area contributed by atoms with Crippen molar-refractivity contribution in [3.63, 3.8) is 0 Å². The fourth-order valence-electron chi connectivity index (χ4n) is 3.11. The maximum absolute atomic E-state index is 12.6. The van der Waals surface area contributed by atoms with Crippen molar-refractivity contribution < 1.29 is 19.1 Å². The molecule has 0 saturated carbocycles. The van der Waals surface area contributed by atoms with Gasteiger partial charge in [0.1, 0.15) is 11.8 Å². The number of nitrogens with one attached hydrogen (secondary N) is 2. The highest BCUT2D eigenvalue weighted by Gasteiger charge is 2.30. The molecule has 0 aliphatic carbocycles. The molecule has 0 saturated heterocycles. The second-order valence-corrected chi connectivity index (χ2v) is 8.24. The minimum Gasteiger partial charge on any atom is -0.497 e. The molecule has 9 heteroatoms. The number of hydrogen-bond donors (Lipinski definition) is 2. The van der Waals surface area contributed by atoms with Crippen LogP contribution in [0.4, 0.5) is 5.69 Å². The van der Waals surface area contributed by atoms with Crippen molar-refractivity contribution in [2.75, 3.05) is 24.8 Å². The Morgan fingerprint density at radius 1 is 1.22 bits per heavy atom. The number of carbonyl (C=O) groups is 2. The van der Waals surface area contributed by atoms with Crippen LogP contribution in [-0.2, 0) is 14.3 Å². The molecule has 0 unspecified atom stereocenters. The van der Waals surface area contributed by atoms with Gasteiger partial charge in [-0.15, -0.1) is 0 Å². The predicted octanol–water partition coefficient (Wildman–Crippen LogP) is 4.56. The van der Waals surface area contributed by atoms with Crippen LogP contribution in [0.3, 0.4) is 0 Å². The van der Waals surface area contributed by atoms with Crippen LogP contribution in [0.2, 0.25) is 5.02 Å². The van der Waals surface area contributed by atoms with E-state index in [-0.39, 0.29) is 18.3 Å². The number of hydrogen-bond acceptors (Lipinski definition) is 7. The minimum atomic E-state index is -0.559. The molecule has 3 rings (SSSR count). The van der Waals surface area contributed by atoms with E-state index in [2.05, 4.69) is 15.6 Å². The number of nitrogens with zero attached hydrogens (tertiary/aromatic N) is 1. The number of anilines is 1. The fraction of sp³-hybridized carbons (Fsp3) is 0.261. The van der Waals surface area contributed by atoms with Crippen molar-refractivity contribution in [2.45, 2.75) is 19.9 Å². The number of rotatable bonds is 7. The van der Waals surface area contributed by atoms with Crippen LogP contribution in [0, 0.1) is 0 Å². The number of amidine groups is 1. The van der Waals surface area contributed by atoms with Gasteiger partial charge < -0.3 is 20.1 Å². The Hall–Kier alpha value is -2.97. The summed E-state index contributed by atoms with van der Waals surface area (Å²) in [5.41, 5.74) is 2.51. The van der Waals surface area contributed by atoms with Gasteiger partial charge in [-0.2, -0.15) is 0 Å². The summed E-state index contributed by atoms with van der Waals surface area (Å²) < 4.78 is 10.4. The van der Waals surface area contributed by atoms with Crippen LogP contribution in [0.1, 0.15) is 25.5 Å². The highest BCUT2D eigenvalue weighted by molar-refractivity contribution is 8.14. The summed E-state index contributed by atoms with van der Waals surface area (Å²) in [4.78, 5) is 29.7. The van der Waals surface area contributed by atoms with Crippen molar-refractivity contribution in [2.24, 2.45) is 4.99 Å². The van der Waals surface area contributed by atoms with E-state index in [9.17, 15) is 9.59 Å². The number of amides is 1. The summed E-state index contributed by atoms with van der Waals surface area (Å²) in [7, 11) is 1.57. The molecular weight excluding hydrogens is 450 g/mol. The molecule has 7 nitrogen and oxygen atoms in total. The van der Waals surface area contributed by atoms with Crippen molar-refractivity contribution in [3.05, 3.63) is 70.4 Å². The van der Waals surface area contributed by atoms with Crippen LogP contribution >= 0.6 is 23.4 Å². The molecule has 2 aromatic rings. The van der Waals surface area contributed by atoms with Gasteiger partial charge in [-0.25, -0.2) is 9.79 Å². The summed E-state index contributed by atoms with van der Waals surface area (Å²) in [6, 6.07) is 13.7. The molecule has 1 amide bonds. The zero-order valence-corrected chi connectivity index (χ0v) is 19.5. The van der Waals surface area contributed by atoms with Gasteiger partial charge in [-0.3, -0.25) is 4.79 Å². The predicted molar refractivity (Wildman–Crippen MR) is 128 cm³/mol. The molecule has 32 heavy (non-hydrogen) atoms. The van der Waals surface area contributed by atoms with Gasteiger partial charge in [0.15, 0.2) is 5.17 Å². The zero-order chi connectivity index (χ0) is 23.1. The van der Waals surface area contributed by atoms with Gasteiger partial charge in [0, 0.05) is 22.5 Å². The zero-order valence-electron chi connectivity index (χ0n) is 18.0. The number of halogens is 1. The number of thioether (sulfide) groups is 1. The van der Waals surface area contributed by atoms with Gasteiger partial charge in [-0.05, 0) is 43.7 Å². The Balaban J connectivity index is 1.75. The quantitative estimate of drug-likeness (QED) is 0.573. The number of allylic oxidation sites excluding steroid dienone is 1. The van der Waals surface area contributed by atoms with Crippen LogP contribution in [-0.4, -0.2) is 36.5 Å². The maximum atomic E-state index is 12.6. The third-order valence-electron chi connectivity index (χ3n) is 4.59. The first-order valence-corrected chi connectivity index (χ1v) is 11.3. The lowest BCUT2D eigenvalue weighted by molar-refractivity contribution is -0.139. The molecule has 0 bridgehead atoms. The van der Waals surface area contributed by atoms with Gasteiger partial charge >= 0.3 is 5.97 Å². The average molecular weight is 474 g/mol. The van der Waals surface area contributed by atoms with Crippen LogP contribution in [0.5, 0.6) is 5.75 Å². The van der Waals surface area contributed by atoms with Gasteiger partial charge in [0.05, 0.1) is 25.0 Å². The molecule has 0 fully saturated rings. The van der Waals surface area contributed by atoms with Gasteiger partial charge in [-0.1, -0.05) is 41.6 Å². The second kappa shape index (κ2) is 11.1. The lowest BCUT2D eigenvalue weighted by Gasteiger charge is -2.25. The third kappa shape index (κ3) is 6.05. The van der Waals surface area contributed by atoms with Crippen molar-refractivity contribution in [1.29, 1.82) is 0 Å². The van der Waals surface area contributed by atoms with Crippen molar-refractivity contribution in [1.82, 2.24) is 5.32 Å². The van der Waals surface area contributed by atoms with Gasteiger partial charge in [0.25, 0.3) is 0 Å². The normalized spacial score (nSPS) is 15.5. The number of ether oxygens (including phenoxy) is 2. The minimum absolute atomic E-state index is 0.137. The first-order valence-electron chi connectivity index (χ1n) is 9.96. The number of benzene rings is 2. The molecule has 2 N–H and O–H groups in total. The Morgan fingerprint density at radius 2 is 1.97 bits per heavy atom. The van der Waals surface area contributed by atoms with E-state index in [1.54, 1.807) is 57.4 Å². The van der Waals surface area contributed by atoms with Crippen molar-refractivity contribution >= 4 is 46.1 Å². The lowest BCUT2D eigenvalue weighted by atomic mass is 9.97. The van der Waals surface area contributed by atoms with E-state index >= 15 is 0 Å². The summed E-state index contributed by atoms with van der Waals surface area (Å²) in [5, 5.41) is 7.09. The Labute approximate surface area is 196 Å². The topological polar surface area (TPSA) is 89.0 Å². The Kier molecular flexibility index (Phi) is 8.19. The Morgan fingerprint density at radius 3 is 2.66 bits per heavy atom. The molecule has 2 aromatic carbocycles. The standard InChI is InChI=1S/C23H24ClN3O4S/c1-4-31-22(29)20-14(2)25-23(27-21(20)15-8-10-16(24)11-9-15)32-13-19(28)26-17-6-5-7-18(12-17)30-3/h5-12,21H,4,13H2,1-3H3,(H,25,27)(H,26,28)/t21-/m0/s1. The summed E-state index contributed by atoms with van der Waals surface area (Å²) in [6.07, 6.45) is 0.